The fraction of sp³-hybridized carbons (Fsp3) is 0.115. The smallest absolute Gasteiger partial charge is 0.0709 e. The molecule has 2 nitrogen and oxygen atoms in total. The Kier molecular flexibility index (Phi) is 4.17. The molecular weight excluding hydrogens is 340 g/mol. The molecule has 0 aliphatic carbocycles. The van der Waals surface area contributed by atoms with Crippen molar-refractivity contribution in [2.24, 2.45) is 0 Å². The molecule has 0 fully saturated rings. The average molecular weight is 362 g/mol. The highest BCUT2D eigenvalue weighted by Crippen LogP contribution is 2.43. The Labute approximate surface area is 165 Å². The highest BCUT2D eigenvalue weighted by molar-refractivity contribution is 5.84. The molecular formula is C26H22N2. The van der Waals surface area contributed by atoms with E-state index < -0.39 is 0 Å². The van der Waals surface area contributed by atoms with Crippen molar-refractivity contribution in [1.29, 1.82) is 0 Å². The standard InChI is InChI=1S/C26H22N2/c1-28-18-23(25-16-15-20-11-5-7-13-24(20)27-25)22(17-19-9-3-2-4-10-19)21-12-6-8-14-26(21)28/h2-16,18,22H,17H2,1H3/t22-/m0/s1. The third-order valence-electron chi connectivity index (χ3n) is 5.58. The number of allylic oxidation sites excluding steroid dienone is 1. The highest BCUT2D eigenvalue weighted by atomic mass is 15.1. The van der Waals surface area contributed by atoms with Gasteiger partial charge in [-0.3, -0.25) is 0 Å². The zero-order chi connectivity index (χ0) is 18.9. The van der Waals surface area contributed by atoms with Crippen LogP contribution < -0.4 is 4.90 Å². The van der Waals surface area contributed by atoms with E-state index in [4.69, 9.17) is 4.98 Å². The minimum Gasteiger partial charge on any atom is -0.350 e. The lowest BCUT2D eigenvalue weighted by atomic mass is 9.81. The van der Waals surface area contributed by atoms with Crippen molar-refractivity contribution in [1.82, 2.24) is 4.98 Å². The summed E-state index contributed by atoms with van der Waals surface area (Å²) in [7, 11) is 2.12. The predicted octanol–water partition coefficient (Wildman–Crippen LogP) is 6.05. The first-order valence-electron chi connectivity index (χ1n) is 9.73. The van der Waals surface area contributed by atoms with Gasteiger partial charge in [0.15, 0.2) is 0 Å². The first-order chi connectivity index (χ1) is 13.8. The lowest BCUT2D eigenvalue weighted by molar-refractivity contribution is 0.829. The predicted molar refractivity (Wildman–Crippen MR) is 117 cm³/mol. The molecule has 1 aliphatic rings. The van der Waals surface area contributed by atoms with Crippen LogP contribution in [0.25, 0.3) is 16.5 Å². The van der Waals surface area contributed by atoms with Crippen LogP contribution in [0.5, 0.6) is 0 Å². The second-order valence-electron chi connectivity index (χ2n) is 7.39. The summed E-state index contributed by atoms with van der Waals surface area (Å²) in [4.78, 5) is 7.23. The highest BCUT2D eigenvalue weighted by Gasteiger charge is 2.27. The number of aromatic nitrogens is 1. The molecule has 4 aromatic rings. The van der Waals surface area contributed by atoms with Gasteiger partial charge in [0.1, 0.15) is 0 Å². The molecule has 0 radical (unpaired) electrons. The molecule has 2 heteroatoms. The summed E-state index contributed by atoms with van der Waals surface area (Å²) in [5.74, 6) is 0.281. The summed E-state index contributed by atoms with van der Waals surface area (Å²) in [6, 6.07) is 32.1. The van der Waals surface area contributed by atoms with Crippen LogP contribution in [0.15, 0.2) is 97.2 Å². The summed E-state index contributed by atoms with van der Waals surface area (Å²) in [6.07, 6.45) is 3.22. The van der Waals surface area contributed by atoms with Crippen LogP contribution in [0.4, 0.5) is 5.69 Å². The lowest BCUT2D eigenvalue weighted by Crippen LogP contribution is -2.21. The monoisotopic (exact) mass is 362 g/mol. The van der Waals surface area contributed by atoms with Crippen molar-refractivity contribution in [2.45, 2.75) is 12.3 Å². The molecule has 0 bridgehead atoms. The van der Waals surface area contributed by atoms with E-state index in [-0.39, 0.29) is 5.92 Å². The lowest BCUT2D eigenvalue weighted by Gasteiger charge is -2.32. The fourth-order valence-electron chi connectivity index (χ4n) is 4.18. The summed E-state index contributed by atoms with van der Waals surface area (Å²) in [5, 5.41) is 1.18. The third-order valence-corrected chi connectivity index (χ3v) is 5.58. The Hall–Kier alpha value is -3.39. The van der Waals surface area contributed by atoms with E-state index in [0.717, 1.165) is 17.6 Å². The van der Waals surface area contributed by atoms with E-state index in [1.807, 2.05) is 0 Å². The molecule has 1 aliphatic heterocycles. The molecule has 1 aromatic heterocycles. The largest absolute Gasteiger partial charge is 0.350 e. The van der Waals surface area contributed by atoms with E-state index in [2.05, 4.69) is 109 Å². The van der Waals surface area contributed by atoms with E-state index in [1.54, 1.807) is 0 Å². The maximum Gasteiger partial charge on any atom is 0.0709 e. The van der Waals surface area contributed by atoms with Gasteiger partial charge >= 0.3 is 0 Å². The number of nitrogens with zero attached hydrogens (tertiary/aromatic N) is 2. The Morgan fingerprint density at radius 1 is 0.786 bits per heavy atom. The van der Waals surface area contributed by atoms with Gasteiger partial charge in [0.2, 0.25) is 0 Å². The van der Waals surface area contributed by atoms with Gasteiger partial charge in [0.05, 0.1) is 11.2 Å². The van der Waals surface area contributed by atoms with E-state index in [1.165, 1.54) is 27.8 Å². The van der Waals surface area contributed by atoms with E-state index >= 15 is 0 Å². The number of para-hydroxylation sites is 2. The summed E-state index contributed by atoms with van der Waals surface area (Å²) in [5.41, 5.74) is 7.35. The molecule has 0 amide bonds. The molecule has 0 N–H and O–H groups in total. The molecule has 0 spiro atoms. The molecule has 1 atom stereocenters. The van der Waals surface area contributed by atoms with Crippen molar-refractivity contribution in [2.75, 3.05) is 11.9 Å². The van der Waals surface area contributed by atoms with Crippen molar-refractivity contribution in [3.63, 3.8) is 0 Å². The molecule has 5 rings (SSSR count). The normalized spacial score (nSPS) is 16.0. The molecule has 136 valence electrons. The Morgan fingerprint density at radius 2 is 1.54 bits per heavy atom. The maximum atomic E-state index is 5.00. The zero-order valence-electron chi connectivity index (χ0n) is 15.9. The van der Waals surface area contributed by atoms with Gasteiger partial charge in [0.25, 0.3) is 0 Å². The SMILES string of the molecule is CN1C=C(c2ccc3ccccc3n2)[C@@H](Cc2ccccc2)c2ccccc21. The Bertz CT molecular complexity index is 1160. The quantitative estimate of drug-likeness (QED) is 0.441. The van der Waals surface area contributed by atoms with Crippen molar-refractivity contribution < 1.29 is 0 Å². The van der Waals surface area contributed by atoms with Gasteiger partial charge < -0.3 is 4.90 Å². The van der Waals surface area contributed by atoms with Gasteiger partial charge in [-0.25, -0.2) is 4.98 Å². The number of hydrogen-bond donors (Lipinski definition) is 0. The molecule has 28 heavy (non-hydrogen) atoms. The third kappa shape index (κ3) is 2.97. The van der Waals surface area contributed by atoms with Crippen LogP contribution in [-0.2, 0) is 6.42 Å². The second kappa shape index (κ2) is 6.97. The zero-order valence-corrected chi connectivity index (χ0v) is 15.9. The molecule has 0 saturated heterocycles. The van der Waals surface area contributed by atoms with E-state index in [9.17, 15) is 0 Å². The van der Waals surface area contributed by atoms with Crippen LogP contribution >= 0.6 is 0 Å². The van der Waals surface area contributed by atoms with E-state index in [0.29, 0.717) is 0 Å². The molecule has 3 aromatic carbocycles. The maximum absolute atomic E-state index is 5.00. The number of benzene rings is 3. The second-order valence-corrected chi connectivity index (χ2v) is 7.39. The van der Waals surface area contributed by atoms with Gasteiger partial charge in [-0.2, -0.15) is 0 Å². The Balaban J connectivity index is 1.64. The minimum atomic E-state index is 0.281. The topological polar surface area (TPSA) is 16.1 Å². The first kappa shape index (κ1) is 16.8. The molecule has 2 heterocycles. The minimum absolute atomic E-state index is 0.281. The fourth-order valence-corrected chi connectivity index (χ4v) is 4.18. The summed E-state index contributed by atoms with van der Waals surface area (Å²) < 4.78 is 0. The van der Waals surface area contributed by atoms with Crippen molar-refractivity contribution in [3.8, 4) is 0 Å². The van der Waals surface area contributed by atoms with Gasteiger partial charge in [-0.1, -0.05) is 72.8 Å². The van der Waals surface area contributed by atoms with Crippen LogP contribution in [0.2, 0.25) is 0 Å². The van der Waals surface area contributed by atoms with Crippen LogP contribution in [0, 0.1) is 0 Å². The Morgan fingerprint density at radius 3 is 2.43 bits per heavy atom. The number of pyridine rings is 1. The summed E-state index contributed by atoms with van der Waals surface area (Å²) >= 11 is 0. The van der Waals surface area contributed by atoms with Gasteiger partial charge in [-0.05, 0) is 35.7 Å². The number of hydrogen-bond acceptors (Lipinski definition) is 2. The van der Waals surface area contributed by atoms with Gasteiger partial charge in [0, 0.05) is 35.8 Å². The molecule has 0 saturated carbocycles. The van der Waals surface area contributed by atoms with Crippen LogP contribution in [0.1, 0.15) is 22.7 Å². The van der Waals surface area contributed by atoms with Gasteiger partial charge in [-0.15, -0.1) is 0 Å². The van der Waals surface area contributed by atoms with Crippen LogP contribution in [0.3, 0.4) is 0 Å². The summed E-state index contributed by atoms with van der Waals surface area (Å²) in [6.45, 7) is 0. The first-order valence-corrected chi connectivity index (χ1v) is 9.73. The van der Waals surface area contributed by atoms with Crippen molar-refractivity contribution in [3.05, 3.63) is 114 Å². The van der Waals surface area contributed by atoms with Crippen molar-refractivity contribution >= 4 is 22.2 Å². The number of rotatable bonds is 3. The molecule has 0 unspecified atom stereocenters. The average Bonchev–Trinajstić information content (AvgIpc) is 2.76. The number of fused-ring (bicyclic) bond motifs is 2. The van der Waals surface area contributed by atoms with Crippen LogP contribution in [-0.4, -0.2) is 12.0 Å². The number of anilines is 1.